The number of rotatable bonds is 6. The highest BCUT2D eigenvalue weighted by Gasteiger charge is 2.18. The lowest BCUT2D eigenvalue weighted by Gasteiger charge is -2.10. The molecule has 5 nitrogen and oxygen atoms in total. The van der Waals surface area contributed by atoms with Crippen molar-refractivity contribution in [3.05, 3.63) is 92.6 Å². The lowest BCUT2D eigenvalue weighted by molar-refractivity contribution is 0.765. The molecule has 3 aromatic heterocycles. The van der Waals surface area contributed by atoms with Gasteiger partial charge in [-0.2, -0.15) is 0 Å². The van der Waals surface area contributed by atoms with Gasteiger partial charge in [-0.15, -0.1) is 21.5 Å². The molecule has 0 N–H and O–H groups in total. The Morgan fingerprint density at radius 2 is 1.77 bits per heavy atom. The molecule has 5 aromatic rings. The summed E-state index contributed by atoms with van der Waals surface area (Å²) in [6.45, 7) is 4.73. The normalized spacial score (nSPS) is 11.5. The van der Waals surface area contributed by atoms with Crippen molar-refractivity contribution in [3.63, 3.8) is 0 Å². The van der Waals surface area contributed by atoms with Crippen LogP contribution in [0.4, 0.5) is 0 Å². The summed E-state index contributed by atoms with van der Waals surface area (Å²) in [5, 5.41) is 11.7. The number of nitrogens with zero attached hydrogens (tertiary/aromatic N) is 4. The van der Waals surface area contributed by atoms with Gasteiger partial charge < -0.3 is 0 Å². The van der Waals surface area contributed by atoms with Gasteiger partial charge in [0.2, 0.25) is 5.78 Å². The number of hydrogen-bond donors (Lipinski definition) is 0. The second-order valence-corrected chi connectivity index (χ2v) is 9.39. The Hall–Kier alpha value is -2.90. The summed E-state index contributed by atoms with van der Waals surface area (Å²) in [4.78, 5) is 13.2. The van der Waals surface area contributed by atoms with Gasteiger partial charge in [-0.05, 0) is 47.0 Å². The molecular formula is C24H22N4OS2. The fraction of sp³-hybridized carbons (Fsp3) is 0.208. The molecule has 2 aromatic carbocycles. The van der Waals surface area contributed by atoms with Crippen LogP contribution < -0.4 is 5.56 Å². The highest BCUT2D eigenvalue weighted by atomic mass is 32.2. The third-order valence-electron chi connectivity index (χ3n) is 5.57. The SMILES string of the molecule is CCc1ccc(Cn2c(=O)c3sccc3n3c(SCc4ccccc4C)nnc23)cc1. The number of thiophene rings is 1. The van der Waals surface area contributed by atoms with E-state index in [9.17, 15) is 4.79 Å². The zero-order valence-corrected chi connectivity index (χ0v) is 19.0. The number of hydrogen-bond acceptors (Lipinski definition) is 5. The van der Waals surface area contributed by atoms with E-state index in [1.54, 1.807) is 16.3 Å². The van der Waals surface area contributed by atoms with Gasteiger partial charge >= 0.3 is 0 Å². The molecule has 3 heterocycles. The Morgan fingerprint density at radius 3 is 2.55 bits per heavy atom. The molecule has 0 unspecified atom stereocenters. The molecule has 0 saturated carbocycles. The van der Waals surface area contributed by atoms with Crippen LogP contribution in [0, 0.1) is 6.92 Å². The third-order valence-corrected chi connectivity index (χ3v) is 7.44. The first-order valence-electron chi connectivity index (χ1n) is 10.3. The average molecular weight is 447 g/mol. The molecular weight excluding hydrogens is 424 g/mol. The van der Waals surface area contributed by atoms with Crippen LogP contribution in [-0.4, -0.2) is 19.2 Å². The second kappa shape index (κ2) is 8.32. The number of benzene rings is 2. The van der Waals surface area contributed by atoms with Crippen molar-refractivity contribution in [3.8, 4) is 0 Å². The van der Waals surface area contributed by atoms with E-state index in [1.165, 1.54) is 28.0 Å². The minimum absolute atomic E-state index is 0.0140. The lowest BCUT2D eigenvalue weighted by atomic mass is 10.1. The minimum Gasteiger partial charge on any atom is -0.271 e. The summed E-state index contributed by atoms with van der Waals surface area (Å²) in [7, 11) is 0. The fourth-order valence-electron chi connectivity index (χ4n) is 3.71. The van der Waals surface area contributed by atoms with Gasteiger partial charge in [0.1, 0.15) is 4.70 Å². The number of aromatic nitrogens is 4. The highest BCUT2D eigenvalue weighted by Crippen LogP contribution is 2.27. The Labute approximate surface area is 188 Å². The molecule has 0 aliphatic heterocycles. The smallest absolute Gasteiger partial charge is 0.271 e. The van der Waals surface area contributed by atoms with Gasteiger partial charge in [-0.3, -0.25) is 13.8 Å². The standard InChI is InChI=1S/C24H22N4OS2/c1-3-17-8-10-18(11-9-17)14-27-22(29)21-20(12-13-30-21)28-23(27)25-26-24(28)31-15-19-7-5-4-6-16(19)2/h4-13H,3,14-15H2,1-2H3. The van der Waals surface area contributed by atoms with Gasteiger partial charge in [-0.25, -0.2) is 0 Å². The average Bonchev–Trinajstić information content (AvgIpc) is 3.44. The molecule has 0 atom stereocenters. The maximum atomic E-state index is 13.2. The molecule has 0 radical (unpaired) electrons. The van der Waals surface area contributed by atoms with Crippen molar-refractivity contribution in [2.24, 2.45) is 0 Å². The molecule has 0 aliphatic carbocycles. The molecule has 0 bridgehead atoms. The second-order valence-electron chi connectivity index (χ2n) is 7.53. The van der Waals surface area contributed by atoms with Gasteiger partial charge in [0.25, 0.3) is 5.56 Å². The van der Waals surface area contributed by atoms with E-state index in [-0.39, 0.29) is 5.56 Å². The van der Waals surface area contributed by atoms with Crippen LogP contribution in [0.2, 0.25) is 0 Å². The maximum absolute atomic E-state index is 13.2. The van der Waals surface area contributed by atoms with E-state index in [2.05, 4.69) is 72.6 Å². The van der Waals surface area contributed by atoms with Crippen LogP contribution in [0.1, 0.15) is 29.2 Å². The van der Waals surface area contributed by atoms with Crippen molar-refractivity contribution in [1.29, 1.82) is 0 Å². The zero-order chi connectivity index (χ0) is 21.4. The van der Waals surface area contributed by atoms with Gasteiger partial charge in [0.15, 0.2) is 5.16 Å². The first-order chi connectivity index (χ1) is 15.2. The fourth-order valence-corrected chi connectivity index (χ4v) is 5.55. The van der Waals surface area contributed by atoms with E-state index in [4.69, 9.17) is 0 Å². The monoisotopic (exact) mass is 446 g/mol. The topological polar surface area (TPSA) is 52.2 Å². The highest BCUT2D eigenvalue weighted by molar-refractivity contribution is 7.98. The lowest BCUT2D eigenvalue weighted by Crippen LogP contribution is -2.23. The van der Waals surface area contributed by atoms with Gasteiger partial charge in [0, 0.05) is 5.75 Å². The summed E-state index contributed by atoms with van der Waals surface area (Å²) in [6.07, 6.45) is 0.997. The number of aryl methyl sites for hydroxylation is 2. The predicted octanol–water partition coefficient (Wildman–Crippen LogP) is 5.32. The van der Waals surface area contributed by atoms with Crippen LogP contribution in [0.3, 0.4) is 0 Å². The minimum atomic E-state index is -0.0140. The van der Waals surface area contributed by atoms with E-state index >= 15 is 0 Å². The number of fused-ring (bicyclic) bond motifs is 3. The Balaban J connectivity index is 1.58. The van der Waals surface area contributed by atoms with E-state index in [0.29, 0.717) is 12.3 Å². The molecule has 0 fully saturated rings. The van der Waals surface area contributed by atoms with E-state index in [0.717, 1.165) is 33.1 Å². The van der Waals surface area contributed by atoms with Crippen LogP contribution in [0.15, 0.2) is 69.9 Å². The summed E-state index contributed by atoms with van der Waals surface area (Å²) >= 11 is 3.12. The van der Waals surface area contributed by atoms with Crippen LogP contribution >= 0.6 is 23.1 Å². The summed E-state index contributed by atoms with van der Waals surface area (Å²) in [6, 6.07) is 18.8. The van der Waals surface area contributed by atoms with E-state index < -0.39 is 0 Å². The Morgan fingerprint density at radius 1 is 1.00 bits per heavy atom. The Kier molecular flexibility index (Phi) is 5.38. The van der Waals surface area contributed by atoms with E-state index in [1.807, 2.05) is 15.8 Å². The van der Waals surface area contributed by atoms with Crippen molar-refractivity contribution in [2.75, 3.05) is 0 Å². The third kappa shape index (κ3) is 3.68. The van der Waals surface area contributed by atoms with Crippen molar-refractivity contribution >= 4 is 39.1 Å². The first kappa shape index (κ1) is 20.0. The molecule has 7 heteroatoms. The quantitative estimate of drug-likeness (QED) is 0.331. The number of thioether (sulfide) groups is 1. The maximum Gasteiger partial charge on any atom is 0.273 e. The summed E-state index contributed by atoms with van der Waals surface area (Å²) in [5.41, 5.74) is 5.76. The molecule has 31 heavy (non-hydrogen) atoms. The van der Waals surface area contributed by atoms with Gasteiger partial charge in [0.05, 0.1) is 12.1 Å². The molecule has 5 rings (SSSR count). The van der Waals surface area contributed by atoms with Crippen molar-refractivity contribution in [1.82, 2.24) is 19.2 Å². The van der Waals surface area contributed by atoms with Crippen molar-refractivity contribution < 1.29 is 0 Å². The summed E-state index contributed by atoms with van der Waals surface area (Å²) < 4.78 is 4.50. The summed E-state index contributed by atoms with van der Waals surface area (Å²) in [5.74, 6) is 1.39. The largest absolute Gasteiger partial charge is 0.273 e. The predicted molar refractivity (Wildman–Crippen MR) is 128 cm³/mol. The molecule has 0 amide bonds. The van der Waals surface area contributed by atoms with Crippen LogP contribution in [-0.2, 0) is 18.7 Å². The van der Waals surface area contributed by atoms with Gasteiger partial charge in [-0.1, -0.05) is 67.2 Å². The molecule has 156 valence electrons. The molecule has 0 saturated heterocycles. The Bertz CT molecular complexity index is 1430. The van der Waals surface area contributed by atoms with Crippen LogP contribution in [0.25, 0.3) is 16.0 Å². The zero-order valence-electron chi connectivity index (χ0n) is 17.4. The molecule has 0 spiro atoms. The first-order valence-corrected chi connectivity index (χ1v) is 12.1. The molecule has 0 aliphatic rings. The van der Waals surface area contributed by atoms with Crippen LogP contribution in [0.5, 0.6) is 0 Å². The van der Waals surface area contributed by atoms with Crippen molar-refractivity contribution in [2.45, 2.75) is 37.7 Å².